The fourth-order valence-electron chi connectivity index (χ4n) is 0.995. The highest BCUT2D eigenvalue weighted by Gasteiger charge is 1.82. The Morgan fingerprint density at radius 3 is 2.60 bits per heavy atom. The molecule has 0 radical (unpaired) electrons. The van der Waals surface area contributed by atoms with Gasteiger partial charge in [0, 0.05) is 12.0 Å². The second-order valence-electron chi connectivity index (χ2n) is 3.15. The molecule has 0 fully saturated rings. The summed E-state index contributed by atoms with van der Waals surface area (Å²) in [5.41, 5.74) is 1.68. The van der Waals surface area contributed by atoms with Gasteiger partial charge in [-0.2, -0.15) is 0 Å². The highest BCUT2D eigenvalue weighted by Crippen LogP contribution is 1.96. The molecule has 0 atom stereocenters. The Labute approximate surface area is 92.0 Å². The predicted molar refractivity (Wildman–Crippen MR) is 65.1 cm³/mol. The zero-order valence-corrected chi connectivity index (χ0v) is 9.01. The van der Waals surface area contributed by atoms with Crippen molar-refractivity contribution < 1.29 is 0 Å². The van der Waals surface area contributed by atoms with Gasteiger partial charge in [0.2, 0.25) is 0 Å². The summed E-state index contributed by atoms with van der Waals surface area (Å²) < 4.78 is 0. The molecule has 0 bridgehead atoms. The Morgan fingerprint density at radius 1 is 1.20 bits per heavy atom. The topological polar surface area (TPSA) is 0 Å². The lowest BCUT2D eigenvalue weighted by Crippen LogP contribution is -1.73. The summed E-state index contributed by atoms with van der Waals surface area (Å²) in [5, 5.41) is 0. The molecule has 0 nitrogen and oxygen atoms in total. The second-order valence-corrected chi connectivity index (χ2v) is 3.15. The lowest BCUT2D eigenvalue weighted by Gasteiger charge is -1.86. The van der Waals surface area contributed by atoms with Gasteiger partial charge in [0.05, 0.1) is 5.57 Å². The number of benzene rings is 1. The first-order chi connectivity index (χ1) is 7.33. The zero-order valence-electron chi connectivity index (χ0n) is 9.01. The largest absolute Gasteiger partial charge is 0.0972 e. The van der Waals surface area contributed by atoms with E-state index in [1.165, 1.54) is 0 Å². The number of unbranched alkanes of at least 4 members (excludes halogenated alkanes) is 1. The van der Waals surface area contributed by atoms with Gasteiger partial charge < -0.3 is 0 Å². The first-order valence-corrected chi connectivity index (χ1v) is 5.07. The molecule has 0 unspecified atom stereocenters. The van der Waals surface area contributed by atoms with Gasteiger partial charge >= 0.3 is 0 Å². The van der Waals surface area contributed by atoms with E-state index < -0.39 is 0 Å². The van der Waals surface area contributed by atoms with E-state index in [4.69, 9.17) is 0 Å². The van der Waals surface area contributed by atoms with E-state index in [1.807, 2.05) is 30.3 Å². The maximum atomic E-state index is 3.79. The maximum Gasteiger partial charge on any atom is 0.0676 e. The summed E-state index contributed by atoms with van der Waals surface area (Å²) in [5.74, 6) is 11.9. The molecule has 0 spiro atoms. The summed E-state index contributed by atoms with van der Waals surface area (Å²) >= 11 is 0. The highest BCUT2D eigenvalue weighted by molar-refractivity contribution is 5.47. The molecule has 0 aliphatic carbocycles. The van der Waals surface area contributed by atoms with Crippen LogP contribution in [0.25, 0.3) is 0 Å². The molecule has 0 aromatic heterocycles. The second kappa shape index (κ2) is 6.52. The molecular weight excluding hydrogens is 180 g/mol. The minimum atomic E-state index is 0.687. The number of rotatable bonds is 1. The van der Waals surface area contributed by atoms with Crippen LogP contribution in [0, 0.1) is 23.7 Å². The van der Waals surface area contributed by atoms with Crippen molar-refractivity contribution >= 4 is 0 Å². The van der Waals surface area contributed by atoms with Gasteiger partial charge in [-0.25, -0.2) is 0 Å². The van der Waals surface area contributed by atoms with Crippen molar-refractivity contribution in [1.82, 2.24) is 0 Å². The lowest BCUT2D eigenvalue weighted by atomic mass is 10.2. The third-order valence-corrected chi connectivity index (χ3v) is 1.75. The number of hydrogen-bond acceptors (Lipinski definition) is 0. The Bertz CT molecular complexity index is 430. The Balaban J connectivity index is 2.60. The predicted octanol–water partition coefficient (Wildman–Crippen LogP) is 3.40. The van der Waals surface area contributed by atoms with E-state index in [0.717, 1.165) is 18.4 Å². The summed E-state index contributed by atoms with van der Waals surface area (Å²) in [6, 6.07) is 9.85. The van der Waals surface area contributed by atoms with Crippen molar-refractivity contribution in [2.45, 2.75) is 19.8 Å². The average Bonchev–Trinajstić information content (AvgIpc) is 2.28. The first kappa shape index (κ1) is 11.2. The molecule has 15 heavy (non-hydrogen) atoms. The molecule has 0 N–H and O–H groups in total. The fourth-order valence-corrected chi connectivity index (χ4v) is 0.995. The normalized spacial score (nSPS) is 8.07. The van der Waals surface area contributed by atoms with Crippen LogP contribution in [0.4, 0.5) is 0 Å². The van der Waals surface area contributed by atoms with Gasteiger partial charge in [-0.15, -0.1) is 0 Å². The quantitative estimate of drug-likeness (QED) is 0.601. The van der Waals surface area contributed by atoms with Crippen LogP contribution in [0.15, 0.2) is 42.5 Å². The monoisotopic (exact) mass is 194 g/mol. The minimum Gasteiger partial charge on any atom is -0.0972 e. The van der Waals surface area contributed by atoms with Gasteiger partial charge in [-0.05, 0) is 18.6 Å². The summed E-state index contributed by atoms with van der Waals surface area (Å²) in [6.45, 7) is 5.90. The molecule has 0 aliphatic heterocycles. The highest BCUT2D eigenvalue weighted by atomic mass is 13.9. The Kier molecular flexibility index (Phi) is 4.85. The summed E-state index contributed by atoms with van der Waals surface area (Å²) in [6.07, 6.45) is 1.98. The average molecular weight is 194 g/mol. The number of allylic oxidation sites excluding steroid dienone is 1. The standard InChI is InChI=1S/C15H14/c1-3-4-6-9-14(2)12-13-15-10-7-5-8-11-15/h5,7-8,10-11H,2-4H2,1H3. The van der Waals surface area contributed by atoms with Crippen molar-refractivity contribution in [3.8, 4) is 23.7 Å². The van der Waals surface area contributed by atoms with E-state index in [1.54, 1.807) is 0 Å². The van der Waals surface area contributed by atoms with Crippen LogP contribution in [0.3, 0.4) is 0 Å². The van der Waals surface area contributed by atoms with Gasteiger partial charge in [-0.3, -0.25) is 0 Å². The van der Waals surface area contributed by atoms with Crippen LogP contribution in [0.1, 0.15) is 25.3 Å². The molecule has 1 rings (SSSR count). The smallest absolute Gasteiger partial charge is 0.0676 e. The van der Waals surface area contributed by atoms with Crippen LogP contribution in [-0.2, 0) is 0 Å². The van der Waals surface area contributed by atoms with Crippen LogP contribution in [-0.4, -0.2) is 0 Å². The SMILES string of the molecule is C=C(C#CCCC)C#Cc1ccccc1. The number of hydrogen-bond donors (Lipinski definition) is 0. The van der Waals surface area contributed by atoms with Crippen LogP contribution < -0.4 is 0 Å². The molecule has 0 heteroatoms. The molecule has 0 saturated heterocycles. The Morgan fingerprint density at radius 2 is 1.93 bits per heavy atom. The minimum absolute atomic E-state index is 0.687. The van der Waals surface area contributed by atoms with E-state index >= 15 is 0 Å². The van der Waals surface area contributed by atoms with Crippen molar-refractivity contribution in [2.75, 3.05) is 0 Å². The van der Waals surface area contributed by atoms with Gasteiger partial charge in [0.1, 0.15) is 0 Å². The molecule has 1 aromatic rings. The Hall–Kier alpha value is -1.92. The third-order valence-electron chi connectivity index (χ3n) is 1.75. The van der Waals surface area contributed by atoms with Crippen molar-refractivity contribution in [3.63, 3.8) is 0 Å². The molecular formula is C15H14. The fraction of sp³-hybridized carbons (Fsp3) is 0.200. The van der Waals surface area contributed by atoms with Crippen LogP contribution >= 0.6 is 0 Å². The van der Waals surface area contributed by atoms with Gasteiger partial charge in [-0.1, -0.05) is 55.4 Å². The van der Waals surface area contributed by atoms with Crippen LogP contribution in [0.2, 0.25) is 0 Å². The molecule has 0 saturated carbocycles. The van der Waals surface area contributed by atoms with E-state index in [-0.39, 0.29) is 0 Å². The zero-order chi connectivity index (χ0) is 10.9. The van der Waals surface area contributed by atoms with Gasteiger partial charge in [0.15, 0.2) is 0 Å². The molecule has 0 aliphatic rings. The van der Waals surface area contributed by atoms with Gasteiger partial charge in [0.25, 0.3) is 0 Å². The van der Waals surface area contributed by atoms with Crippen molar-refractivity contribution in [1.29, 1.82) is 0 Å². The molecule has 0 heterocycles. The molecule has 1 aromatic carbocycles. The van der Waals surface area contributed by atoms with E-state index in [2.05, 4.69) is 37.2 Å². The van der Waals surface area contributed by atoms with Crippen LogP contribution in [0.5, 0.6) is 0 Å². The van der Waals surface area contributed by atoms with E-state index in [9.17, 15) is 0 Å². The molecule has 0 amide bonds. The van der Waals surface area contributed by atoms with E-state index in [0.29, 0.717) is 5.57 Å². The first-order valence-electron chi connectivity index (χ1n) is 5.07. The van der Waals surface area contributed by atoms with Crippen molar-refractivity contribution in [3.05, 3.63) is 48.0 Å². The lowest BCUT2D eigenvalue weighted by molar-refractivity contribution is 0.983. The summed E-state index contributed by atoms with van der Waals surface area (Å²) in [4.78, 5) is 0. The maximum absolute atomic E-state index is 3.79. The molecule has 74 valence electrons. The van der Waals surface area contributed by atoms with Crippen molar-refractivity contribution in [2.24, 2.45) is 0 Å². The summed E-state index contributed by atoms with van der Waals surface area (Å²) in [7, 11) is 0. The third kappa shape index (κ3) is 4.75.